The van der Waals surface area contributed by atoms with Gasteiger partial charge in [0.05, 0.1) is 7.11 Å². The zero-order valence-corrected chi connectivity index (χ0v) is 16.1. The monoisotopic (exact) mass is 395 g/mol. The van der Waals surface area contributed by atoms with Crippen molar-refractivity contribution in [1.82, 2.24) is 25.5 Å². The van der Waals surface area contributed by atoms with Crippen molar-refractivity contribution in [3.8, 4) is 11.4 Å². The number of aromatic nitrogens is 4. The first-order chi connectivity index (χ1) is 14.0. The Morgan fingerprint density at radius 3 is 2.55 bits per heavy atom. The van der Waals surface area contributed by atoms with Gasteiger partial charge in [-0.05, 0) is 40.6 Å². The Hall–Kier alpha value is -3.75. The molecule has 2 aromatic carbocycles. The molecule has 1 aromatic heterocycles. The average molecular weight is 395 g/mol. The van der Waals surface area contributed by atoms with Gasteiger partial charge in [0.25, 0.3) is 5.91 Å². The van der Waals surface area contributed by atoms with Crippen molar-refractivity contribution in [2.75, 3.05) is 13.7 Å². The number of ether oxygens (including phenoxy) is 1. The number of nitrogens with zero attached hydrogens (tertiary/aromatic N) is 4. The van der Waals surface area contributed by atoms with Crippen LogP contribution in [0.1, 0.15) is 29.3 Å². The summed E-state index contributed by atoms with van der Waals surface area (Å²) < 4.78 is 6.68. The number of methoxy groups -OCH3 is 1. The summed E-state index contributed by atoms with van der Waals surface area (Å²) in [5.41, 5.74) is 0.245. The van der Waals surface area contributed by atoms with Crippen molar-refractivity contribution in [1.29, 1.82) is 0 Å². The molecule has 9 heteroatoms. The highest BCUT2D eigenvalue weighted by Gasteiger charge is 2.39. The first kappa shape index (κ1) is 20.0. The second-order valence-corrected chi connectivity index (χ2v) is 6.43. The van der Waals surface area contributed by atoms with Gasteiger partial charge in [0.15, 0.2) is 0 Å². The Morgan fingerprint density at radius 2 is 1.97 bits per heavy atom. The molecule has 9 nitrogen and oxygen atoms in total. The minimum absolute atomic E-state index is 0.0477. The van der Waals surface area contributed by atoms with Crippen LogP contribution in [0, 0.1) is 0 Å². The fourth-order valence-electron chi connectivity index (χ4n) is 3.15. The van der Waals surface area contributed by atoms with E-state index < -0.39 is 17.3 Å². The van der Waals surface area contributed by atoms with E-state index in [0.29, 0.717) is 29.0 Å². The molecule has 1 heterocycles. The normalized spacial score (nSPS) is 12.8. The van der Waals surface area contributed by atoms with Gasteiger partial charge in [0.1, 0.15) is 23.2 Å². The molecule has 0 bridgehead atoms. The molecule has 0 spiro atoms. The number of rotatable bonds is 8. The molecular formula is C20H21N5O4. The molecule has 29 heavy (non-hydrogen) atoms. The lowest BCUT2D eigenvalue weighted by Gasteiger charge is -2.29. The number of benzene rings is 2. The van der Waals surface area contributed by atoms with Crippen molar-refractivity contribution in [3.05, 3.63) is 66.0 Å². The third-order valence-electron chi connectivity index (χ3n) is 4.93. The largest absolute Gasteiger partial charge is 0.494 e. The van der Waals surface area contributed by atoms with Gasteiger partial charge < -0.3 is 15.2 Å². The maximum absolute atomic E-state index is 12.8. The number of aliphatic carboxylic acids is 1. The van der Waals surface area contributed by atoms with E-state index in [1.807, 2.05) is 6.07 Å². The van der Waals surface area contributed by atoms with Crippen molar-refractivity contribution in [3.63, 3.8) is 0 Å². The smallest absolute Gasteiger partial charge is 0.315 e. The number of carboxylic acids is 1. The highest BCUT2D eigenvalue weighted by atomic mass is 16.5. The van der Waals surface area contributed by atoms with E-state index in [-0.39, 0.29) is 6.54 Å². The van der Waals surface area contributed by atoms with Crippen LogP contribution in [0.25, 0.3) is 5.69 Å². The van der Waals surface area contributed by atoms with E-state index in [9.17, 15) is 14.7 Å². The highest BCUT2D eigenvalue weighted by Crippen LogP contribution is 2.28. The van der Waals surface area contributed by atoms with Crippen molar-refractivity contribution >= 4 is 11.9 Å². The molecule has 0 aliphatic heterocycles. The molecule has 3 aromatic rings. The summed E-state index contributed by atoms with van der Waals surface area (Å²) in [7, 11) is 1.51. The summed E-state index contributed by atoms with van der Waals surface area (Å²) in [4.78, 5) is 24.9. The van der Waals surface area contributed by atoms with E-state index in [1.54, 1.807) is 49.4 Å². The van der Waals surface area contributed by atoms with Gasteiger partial charge in [-0.1, -0.05) is 37.3 Å². The Kier molecular flexibility index (Phi) is 5.87. The van der Waals surface area contributed by atoms with Crippen LogP contribution in [0.3, 0.4) is 0 Å². The summed E-state index contributed by atoms with van der Waals surface area (Å²) in [5, 5.41) is 23.7. The zero-order valence-electron chi connectivity index (χ0n) is 16.1. The number of amides is 1. The zero-order chi connectivity index (χ0) is 20.9. The Bertz CT molecular complexity index is 991. The van der Waals surface area contributed by atoms with Gasteiger partial charge in [-0.3, -0.25) is 9.59 Å². The Labute approximate surface area is 167 Å². The van der Waals surface area contributed by atoms with Crippen LogP contribution in [0.2, 0.25) is 0 Å². The maximum atomic E-state index is 12.8. The highest BCUT2D eigenvalue weighted by molar-refractivity contribution is 5.95. The van der Waals surface area contributed by atoms with Gasteiger partial charge in [-0.15, -0.1) is 5.10 Å². The van der Waals surface area contributed by atoms with E-state index in [4.69, 9.17) is 4.74 Å². The van der Waals surface area contributed by atoms with Gasteiger partial charge >= 0.3 is 5.97 Å². The maximum Gasteiger partial charge on any atom is 0.315 e. The lowest BCUT2D eigenvalue weighted by atomic mass is 9.78. The molecule has 150 valence electrons. The van der Waals surface area contributed by atoms with Crippen LogP contribution < -0.4 is 10.1 Å². The van der Waals surface area contributed by atoms with Crippen molar-refractivity contribution in [2.45, 2.75) is 18.8 Å². The predicted octanol–water partition coefficient (Wildman–Crippen LogP) is 1.83. The lowest BCUT2D eigenvalue weighted by Crippen LogP contribution is -2.46. The minimum Gasteiger partial charge on any atom is -0.494 e. The van der Waals surface area contributed by atoms with Crippen molar-refractivity contribution < 1.29 is 19.4 Å². The molecule has 0 fully saturated rings. The molecule has 1 unspecified atom stereocenters. The van der Waals surface area contributed by atoms with Crippen LogP contribution in [-0.2, 0) is 10.2 Å². The summed E-state index contributed by atoms with van der Waals surface area (Å²) in [6.45, 7) is 1.74. The molecule has 0 aliphatic carbocycles. The van der Waals surface area contributed by atoms with E-state index >= 15 is 0 Å². The number of hydrogen-bond acceptors (Lipinski definition) is 6. The summed E-state index contributed by atoms with van der Waals surface area (Å²) >= 11 is 0. The third-order valence-corrected chi connectivity index (χ3v) is 4.93. The molecule has 3 rings (SSSR count). The Morgan fingerprint density at radius 1 is 1.21 bits per heavy atom. The second-order valence-electron chi connectivity index (χ2n) is 6.43. The van der Waals surface area contributed by atoms with Gasteiger partial charge in [-0.2, -0.15) is 4.68 Å². The summed E-state index contributed by atoms with van der Waals surface area (Å²) in [6.07, 6.45) is 1.71. The van der Waals surface area contributed by atoms with E-state index in [0.717, 1.165) is 0 Å². The lowest BCUT2D eigenvalue weighted by molar-refractivity contribution is -0.143. The standard InChI is InChI=1S/C20H21N5O4/c1-3-20(19(27)28,15-7-5-4-6-8-15)12-21-18(26)14-9-10-17(29-2)16(11-14)25-13-22-23-24-25/h4-11,13H,3,12H2,1-2H3,(H,21,26)(H,27,28). The third kappa shape index (κ3) is 3.93. The van der Waals surface area contributed by atoms with Gasteiger partial charge in [-0.25, -0.2) is 0 Å². The van der Waals surface area contributed by atoms with Gasteiger partial charge in [0, 0.05) is 12.1 Å². The Balaban J connectivity index is 1.86. The van der Waals surface area contributed by atoms with Crippen LogP contribution in [0.15, 0.2) is 54.9 Å². The fraction of sp³-hybridized carbons (Fsp3) is 0.250. The number of carbonyl (C=O) groups is 2. The van der Waals surface area contributed by atoms with Crippen LogP contribution in [0.5, 0.6) is 5.75 Å². The summed E-state index contributed by atoms with van der Waals surface area (Å²) in [6, 6.07) is 13.7. The summed E-state index contributed by atoms with van der Waals surface area (Å²) in [5.74, 6) is -0.904. The number of nitrogens with one attached hydrogen (secondary N) is 1. The fourth-order valence-corrected chi connectivity index (χ4v) is 3.15. The van der Waals surface area contributed by atoms with Crippen LogP contribution >= 0.6 is 0 Å². The van der Waals surface area contributed by atoms with Gasteiger partial charge in [0.2, 0.25) is 0 Å². The number of carbonyl (C=O) groups excluding carboxylic acids is 1. The second kappa shape index (κ2) is 8.51. The van der Waals surface area contributed by atoms with Crippen LogP contribution in [0.4, 0.5) is 0 Å². The quantitative estimate of drug-likeness (QED) is 0.597. The predicted molar refractivity (Wildman–Crippen MR) is 104 cm³/mol. The number of carboxylic acid groups (broad SMARTS) is 1. The molecule has 0 saturated carbocycles. The first-order valence-corrected chi connectivity index (χ1v) is 9.00. The van der Waals surface area contributed by atoms with E-state index in [2.05, 4.69) is 20.8 Å². The molecule has 1 amide bonds. The molecule has 2 N–H and O–H groups in total. The molecule has 0 radical (unpaired) electrons. The van der Waals surface area contributed by atoms with Crippen molar-refractivity contribution in [2.24, 2.45) is 0 Å². The SMILES string of the molecule is CCC(CNC(=O)c1ccc(OC)c(-n2cnnn2)c1)(C(=O)O)c1ccccc1. The van der Waals surface area contributed by atoms with Crippen LogP contribution in [-0.4, -0.2) is 50.8 Å². The molecular weight excluding hydrogens is 374 g/mol. The molecule has 0 aliphatic rings. The van der Waals surface area contributed by atoms with E-state index in [1.165, 1.54) is 18.1 Å². The topological polar surface area (TPSA) is 119 Å². The number of hydrogen-bond donors (Lipinski definition) is 2. The minimum atomic E-state index is -1.22. The first-order valence-electron chi connectivity index (χ1n) is 9.00. The average Bonchev–Trinajstić information content (AvgIpc) is 3.29. The molecule has 1 atom stereocenters. The number of tetrazole rings is 1. The molecule has 0 saturated heterocycles.